The molecule has 0 aliphatic heterocycles. The number of nitrogens with one attached hydrogen (secondary N) is 1. The molecule has 0 bridgehead atoms. The lowest BCUT2D eigenvalue weighted by molar-refractivity contribution is 0.414. The first-order chi connectivity index (χ1) is 10.1. The van der Waals surface area contributed by atoms with Crippen LogP contribution >= 0.6 is 11.3 Å². The van der Waals surface area contributed by atoms with Crippen LogP contribution in [0, 0.1) is 5.92 Å². The lowest BCUT2D eigenvalue weighted by Gasteiger charge is -2.04. The largest absolute Gasteiger partial charge is 0.497 e. The Hall–Kier alpha value is -1.39. The summed E-state index contributed by atoms with van der Waals surface area (Å²) in [6.45, 7) is 5.38. The molecule has 0 spiro atoms. The molecular weight excluding hydrogens is 280 g/mol. The van der Waals surface area contributed by atoms with Crippen LogP contribution in [0.3, 0.4) is 0 Å². The number of hydrogen-bond donors (Lipinski definition) is 1. The maximum absolute atomic E-state index is 5.29. The van der Waals surface area contributed by atoms with Crippen LogP contribution in [-0.4, -0.2) is 19.1 Å². The van der Waals surface area contributed by atoms with Gasteiger partial charge < -0.3 is 10.1 Å². The van der Waals surface area contributed by atoms with E-state index in [1.165, 1.54) is 21.1 Å². The van der Waals surface area contributed by atoms with Gasteiger partial charge in [0.05, 0.1) is 17.8 Å². The Bertz CT molecular complexity index is 578. The average Bonchev–Trinajstić information content (AvgIpc) is 2.80. The molecule has 1 heterocycles. The molecule has 114 valence electrons. The van der Waals surface area contributed by atoms with Gasteiger partial charge in [0.25, 0.3) is 0 Å². The third kappa shape index (κ3) is 4.55. The number of thiazole rings is 1. The summed E-state index contributed by atoms with van der Waals surface area (Å²) < 4.78 is 5.29. The van der Waals surface area contributed by atoms with Crippen molar-refractivity contribution in [2.24, 2.45) is 5.92 Å². The summed E-state index contributed by atoms with van der Waals surface area (Å²) in [4.78, 5) is 6.22. The van der Waals surface area contributed by atoms with E-state index < -0.39 is 0 Å². The zero-order valence-corrected chi connectivity index (χ0v) is 14.1. The fourth-order valence-electron chi connectivity index (χ4n) is 2.31. The van der Waals surface area contributed by atoms with E-state index in [-0.39, 0.29) is 0 Å². The Morgan fingerprint density at radius 2 is 2.14 bits per heavy atom. The van der Waals surface area contributed by atoms with E-state index in [0.717, 1.165) is 25.1 Å². The number of rotatable bonds is 7. The SMILES string of the molecule is CNCc1sc(Cc2cccc(OC)c2)nc1CC(C)C. The number of methoxy groups -OCH3 is 1. The predicted molar refractivity (Wildman–Crippen MR) is 89.2 cm³/mol. The van der Waals surface area contributed by atoms with E-state index in [2.05, 4.69) is 31.3 Å². The van der Waals surface area contributed by atoms with Crippen LogP contribution in [0.4, 0.5) is 0 Å². The molecule has 4 heteroatoms. The Morgan fingerprint density at radius 1 is 1.33 bits per heavy atom. The smallest absolute Gasteiger partial charge is 0.119 e. The highest BCUT2D eigenvalue weighted by atomic mass is 32.1. The number of nitrogens with zero attached hydrogens (tertiary/aromatic N) is 1. The van der Waals surface area contributed by atoms with Crippen molar-refractivity contribution in [1.29, 1.82) is 0 Å². The molecule has 3 nitrogen and oxygen atoms in total. The first kappa shape index (κ1) is 16.0. The molecule has 0 amide bonds. The fourth-order valence-corrected chi connectivity index (χ4v) is 3.46. The van der Waals surface area contributed by atoms with E-state index in [4.69, 9.17) is 9.72 Å². The minimum atomic E-state index is 0.632. The van der Waals surface area contributed by atoms with Gasteiger partial charge in [-0.15, -0.1) is 11.3 Å². The first-order valence-electron chi connectivity index (χ1n) is 7.37. The monoisotopic (exact) mass is 304 g/mol. The molecule has 0 saturated carbocycles. The molecular formula is C17H24N2OS. The van der Waals surface area contributed by atoms with Gasteiger partial charge in [0, 0.05) is 17.8 Å². The molecule has 0 aliphatic rings. The molecule has 2 rings (SSSR count). The van der Waals surface area contributed by atoms with Crippen molar-refractivity contribution in [3.05, 3.63) is 45.4 Å². The summed E-state index contributed by atoms with van der Waals surface area (Å²) in [5.74, 6) is 1.54. The summed E-state index contributed by atoms with van der Waals surface area (Å²) >= 11 is 1.82. The third-order valence-corrected chi connectivity index (χ3v) is 4.35. The van der Waals surface area contributed by atoms with Crippen LogP contribution < -0.4 is 10.1 Å². The van der Waals surface area contributed by atoms with E-state index in [0.29, 0.717) is 5.92 Å². The number of hydrogen-bond acceptors (Lipinski definition) is 4. The van der Waals surface area contributed by atoms with Gasteiger partial charge in [0.2, 0.25) is 0 Å². The van der Waals surface area contributed by atoms with E-state index in [9.17, 15) is 0 Å². The van der Waals surface area contributed by atoms with Crippen LogP contribution in [0.5, 0.6) is 5.75 Å². The maximum Gasteiger partial charge on any atom is 0.119 e. The second-order valence-electron chi connectivity index (χ2n) is 5.63. The van der Waals surface area contributed by atoms with Gasteiger partial charge in [0.1, 0.15) is 5.75 Å². The van der Waals surface area contributed by atoms with Crippen molar-refractivity contribution in [3.63, 3.8) is 0 Å². The minimum Gasteiger partial charge on any atom is -0.497 e. The molecule has 0 atom stereocenters. The molecule has 1 aromatic carbocycles. The molecule has 2 aromatic rings. The molecule has 0 unspecified atom stereocenters. The summed E-state index contributed by atoms with van der Waals surface area (Å²) in [5, 5.41) is 4.43. The summed E-state index contributed by atoms with van der Waals surface area (Å²) in [5.41, 5.74) is 2.50. The van der Waals surface area contributed by atoms with Crippen LogP contribution in [0.15, 0.2) is 24.3 Å². The van der Waals surface area contributed by atoms with Crippen molar-refractivity contribution in [3.8, 4) is 5.75 Å². The van der Waals surface area contributed by atoms with Gasteiger partial charge >= 0.3 is 0 Å². The van der Waals surface area contributed by atoms with Gasteiger partial charge in [-0.2, -0.15) is 0 Å². The summed E-state index contributed by atoms with van der Waals surface area (Å²) in [7, 11) is 3.69. The molecule has 21 heavy (non-hydrogen) atoms. The topological polar surface area (TPSA) is 34.1 Å². The summed E-state index contributed by atoms with van der Waals surface area (Å²) in [6, 6.07) is 8.22. The van der Waals surface area contributed by atoms with E-state index in [1.54, 1.807) is 7.11 Å². The maximum atomic E-state index is 5.29. The molecule has 1 aromatic heterocycles. The highest BCUT2D eigenvalue weighted by Crippen LogP contribution is 2.24. The van der Waals surface area contributed by atoms with Gasteiger partial charge in [-0.05, 0) is 37.1 Å². The predicted octanol–water partition coefficient (Wildman–Crippen LogP) is 3.66. The first-order valence-corrected chi connectivity index (χ1v) is 8.19. The second kappa shape index (κ2) is 7.57. The molecule has 0 fully saturated rings. The average molecular weight is 304 g/mol. The minimum absolute atomic E-state index is 0.632. The van der Waals surface area contributed by atoms with Crippen molar-refractivity contribution in [2.45, 2.75) is 33.2 Å². The van der Waals surface area contributed by atoms with Gasteiger partial charge in [-0.3, -0.25) is 0 Å². The van der Waals surface area contributed by atoms with Gasteiger partial charge in [0.15, 0.2) is 0 Å². The lowest BCUT2D eigenvalue weighted by atomic mass is 10.1. The number of ether oxygens (including phenoxy) is 1. The molecule has 0 aliphatic carbocycles. The highest BCUT2D eigenvalue weighted by molar-refractivity contribution is 7.11. The molecule has 0 saturated heterocycles. The normalized spacial score (nSPS) is 11.1. The lowest BCUT2D eigenvalue weighted by Crippen LogP contribution is -2.07. The Morgan fingerprint density at radius 3 is 2.81 bits per heavy atom. The number of aromatic nitrogens is 1. The van der Waals surface area contributed by atoms with Crippen molar-refractivity contribution >= 4 is 11.3 Å². The van der Waals surface area contributed by atoms with Crippen molar-refractivity contribution in [1.82, 2.24) is 10.3 Å². The standard InChI is InChI=1S/C17H24N2OS/c1-12(2)8-15-16(11-18-3)21-17(19-15)10-13-6-5-7-14(9-13)20-4/h5-7,9,12,18H,8,10-11H2,1-4H3. The van der Waals surface area contributed by atoms with Crippen LogP contribution in [-0.2, 0) is 19.4 Å². The van der Waals surface area contributed by atoms with Gasteiger partial charge in [-0.1, -0.05) is 26.0 Å². The zero-order chi connectivity index (χ0) is 15.2. The van der Waals surface area contributed by atoms with Crippen LogP contribution in [0.25, 0.3) is 0 Å². The molecule has 1 N–H and O–H groups in total. The fraction of sp³-hybridized carbons (Fsp3) is 0.471. The van der Waals surface area contributed by atoms with Crippen LogP contribution in [0.1, 0.15) is 35.0 Å². The summed E-state index contributed by atoms with van der Waals surface area (Å²) in [6.07, 6.45) is 1.92. The Labute approximate surface area is 131 Å². The highest BCUT2D eigenvalue weighted by Gasteiger charge is 2.12. The van der Waals surface area contributed by atoms with Crippen molar-refractivity contribution in [2.75, 3.05) is 14.2 Å². The number of benzene rings is 1. The Kier molecular flexibility index (Phi) is 5.76. The van der Waals surface area contributed by atoms with E-state index in [1.807, 2.05) is 30.5 Å². The molecule has 0 radical (unpaired) electrons. The van der Waals surface area contributed by atoms with Crippen LogP contribution in [0.2, 0.25) is 0 Å². The zero-order valence-electron chi connectivity index (χ0n) is 13.3. The third-order valence-electron chi connectivity index (χ3n) is 3.25. The van der Waals surface area contributed by atoms with Gasteiger partial charge in [-0.25, -0.2) is 4.98 Å². The van der Waals surface area contributed by atoms with Crippen molar-refractivity contribution < 1.29 is 4.74 Å². The van der Waals surface area contributed by atoms with E-state index >= 15 is 0 Å². The second-order valence-corrected chi connectivity index (χ2v) is 6.80. The Balaban J connectivity index is 2.19. The quantitative estimate of drug-likeness (QED) is 0.847.